The molecule has 1 aliphatic heterocycles. The summed E-state index contributed by atoms with van der Waals surface area (Å²) in [5.74, 6) is 1.59. The number of aliphatic hydroxyl groups is 2. The van der Waals surface area contributed by atoms with Gasteiger partial charge in [-0.1, -0.05) is 38.1 Å². The van der Waals surface area contributed by atoms with Crippen molar-refractivity contribution in [3.63, 3.8) is 0 Å². The Morgan fingerprint density at radius 2 is 1.00 bits per heavy atom. The monoisotopic (exact) mass is 442 g/mol. The van der Waals surface area contributed by atoms with Gasteiger partial charge >= 0.3 is 0 Å². The molecule has 2 aromatic rings. The summed E-state index contributed by atoms with van der Waals surface area (Å²) in [6.45, 7) is 9.51. The topological polar surface area (TPSA) is 65.4 Å². The van der Waals surface area contributed by atoms with Crippen molar-refractivity contribution in [1.82, 2.24) is 9.80 Å². The van der Waals surface area contributed by atoms with Crippen LogP contribution in [-0.4, -0.2) is 84.7 Å². The Bertz CT molecular complexity index is 706. The number of β-amino-alcohol motifs (C(OH)–C–C–N with tert-alkyl or cyclic N) is 2. The van der Waals surface area contributed by atoms with Crippen LogP contribution in [0.3, 0.4) is 0 Å². The SMILES string of the molecule is CCc1ccc(OC[C@@H](O)CN2CCN(C[C@@H](O)COc3ccc(CC)cc3)CC2)cc1. The van der Waals surface area contributed by atoms with Crippen molar-refractivity contribution in [1.29, 1.82) is 0 Å². The van der Waals surface area contributed by atoms with Gasteiger partial charge in [-0.2, -0.15) is 0 Å². The number of hydrogen-bond acceptors (Lipinski definition) is 6. The zero-order chi connectivity index (χ0) is 22.8. The molecule has 0 saturated carbocycles. The molecule has 2 N–H and O–H groups in total. The van der Waals surface area contributed by atoms with Crippen molar-refractivity contribution in [2.24, 2.45) is 0 Å². The molecule has 0 spiro atoms. The lowest BCUT2D eigenvalue weighted by molar-refractivity contribution is 0.0240. The normalized spacial score (nSPS) is 17.1. The van der Waals surface area contributed by atoms with E-state index >= 15 is 0 Å². The van der Waals surface area contributed by atoms with Gasteiger partial charge in [-0.15, -0.1) is 0 Å². The number of rotatable bonds is 12. The van der Waals surface area contributed by atoms with E-state index in [2.05, 4.69) is 47.9 Å². The molecule has 6 heteroatoms. The van der Waals surface area contributed by atoms with Gasteiger partial charge in [-0.3, -0.25) is 9.80 Å². The van der Waals surface area contributed by atoms with E-state index < -0.39 is 12.2 Å². The zero-order valence-corrected chi connectivity index (χ0v) is 19.4. The molecule has 6 nitrogen and oxygen atoms in total. The minimum Gasteiger partial charge on any atom is -0.491 e. The van der Waals surface area contributed by atoms with Gasteiger partial charge in [-0.25, -0.2) is 0 Å². The van der Waals surface area contributed by atoms with E-state index in [4.69, 9.17) is 9.47 Å². The molecule has 176 valence electrons. The van der Waals surface area contributed by atoms with Crippen molar-refractivity contribution in [2.45, 2.75) is 38.9 Å². The van der Waals surface area contributed by atoms with Crippen LogP contribution < -0.4 is 9.47 Å². The lowest BCUT2D eigenvalue weighted by Gasteiger charge is -2.36. The van der Waals surface area contributed by atoms with E-state index in [1.54, 1.807) is 0 Å². The third-order valence-electron chi connectivity index (χ3n) is 5.95. The number of piperazine rings is 1. The second-order valence-corrected chi connectivity index (χ2v) is 8.53. The molecular formula is C26H38N2O4. The van der Waals surface area contributed by atoms with Gasteiger partial charge < -0.3 is 19.7 Å². The van der Waals surface area contributed by atoms with E-state index in [9.17, 15) is 10.2 Å². The molecule has 3 rings (SSSR count). The molecule has 2 atom stereocenters. The quantitative estimate of drug-likeness (QED) is 0.527. The van der Waals surface area contributed by atoms with Gasteiger partial charge in [0.05, 0.1) is 0 Å². The highest BCUT2D eigenvalue weighted by molar-refractivity contribution is 5.28. The average molecular weight is 443 g/mol. The molecule has 0 aliphatic carbocycles. The number of aryl methyl sites for hydroxylation is 2. The summed E-state index contributed by atoms with van der Waals surface area (Å²) in [6.07, 6.45) is 0.966. The standard InChI is InChI=1S/C26H38N2O4/c1-3-21-5-9-25(10-6-21)31-19-23(29)17-27-13-15-28(16-14-27)18-24(30)20-32-26-11-7-22(4-2)8-12-26/h5-12,23-24,29-30H,3-4,13-20H2,1-2H3/t23-,24+. The maximum atomic E-state index is 10.3. The van der Waals surface area contributed by atoms with Gasteiger partial charge in [0.25, 0.3) is 0 Å². The zero-order valence-electron chi connectivity index (χ0n) is 19.4. The third kappa shape index (κ3) is 8.10. The fourth-order valence-corrected chi connectivity index (χ4v) is 3.88. The Balaban J connectivity index is 1.29. The minimum absolute atomic E-state index is 0.293. The van der Waals surface area contributed by atoms with Crippen LogP contribution in [-0.2, 0) is 12.8 Å². The van der Waals surface area contributed by atoms with Gasteiger partial charge in [0.1, 0.15) is 36.9 Å². The molecule has 0 bridgehead atoms. The first-order chi connectivity index (χ1) is 15.6. The predicted octanol–water partition coefficient (Wildman–Crippen LogP) is 2.61. The van der Waals surface area contributed by atoms with Crippen LogP contribution in [0, 0.1) is 0 Å². The second kappa shape index (κ2) is 12.8. The van der Waals surface area contributed by atoms with Crippen LogP contribution in [0.5, 0.6) is 11.5 Å². The Kier molecular flexibility index (Phi) is 9.81. The summed E-state index contributed by atoms with van der Waals surface area (Å²) >= 11 is 0. The van der Waals surface area contributed by atoms with Gasteiger partial charge in [0, 0.05) is 39.3 Å². The van der Waals surface area contributed by atoms with E-state index in [1.807, 2.05) is 24.3 Å². The second-order valence-electron chi connectivity index (χ2n) is 8.53. The van der Waals surface area contributed by atoms with Crippen LogP contribution in [0.15, 0.2) is 48.5 Å². The summed E-state index contributed by atoms with van der Waals surface area (Å²) in [5.41, 5.74) is 2.55. The highest BCUT2D eigenvalue weighted by atomic mass is 16.5. The largest absolute Gasteiger partial charge is 0.491 e. The number of benzene rings is 2. The Hall–Kier alpha value is -2.12. The molecule has 0 radical (unpaired) electrons. The van der Waals surface area contributed by atoms with E-state index in [1.165, 1.54) is 11.1 Å². The van der Waals surface area contributed by atoms with Gasteiger partial charge in [0.2, 0.25) is 0 Å². The minimum atomic E-state index is -0.523. The summed E-state index contributed by atoms with van der Waals surface area (Å²) < 4.78 is 11.4. The third-order valence-corrected chi connectivity index (χ3v) is 5.95. The van der Waals surface area contributed by atoms with Crippen LogP contribution >= 0.6 is 0 Å². The highest BCUT2D eigenvalue weighted by Crippen LogP contribution is 2.14. The van der Waals surface area contributed by atoms with Gasteiger partial charge in [0.15, 0.2) is 0 Å². The molecule has 1 aliphatic rings. The number of nitrogens with zero attached hydrogens (tertiary/aromatic N) is 2. The van der Waals surface area contributed by atoms with Gasteiger partial charge in [-0.05, 0) is 48.2 Å². The van der Waals surface area contributed by atoms with Crippen LogP contribution in [0.2, 0.25) is 0 Å². The van der Waals surface area contributed by atoms with Crippen molar-refractivity contribution in [3.05, 3.63) is 59.7 Å². The molecular weight excluding hydrogens is 404 g/mol. The molecule has 2 aromatic carbocycles. The predicted molar refractivity (Wildman–Crippen MR) is 128 cm³/mol. The first-order valence-corrected chi connectivity index (χ1v) is 11.8. The van der Waals surface area contributed by atoms with Crippen molar-refractivity contribution in [3.8, 4) is 11.5 Å². The summed E-state index contributed by atoms with van der Waals surface area (Å²) in [4.78, 5) is 4.51. The summed E-state index contributed by atoms with van der Waals surface area (Å²) in [6, 6.07) is 16.1. The molecule has 0 aromatic heterocycles. The summed E-state index contributed by atoms with van der Waals surface area (Å²) in [7, 11) is 0. The molecule has 0 unspecified atom stereocenters. The van der Waals surface area contributed by atoms with Crippen molar-refractivity contribution < 1.29 is 19.7 Å². The lowest BCUT2D eigenvalue weighted by Crippen LogP contribution is -2.51. The van der Waals surface area contributed by atoms with Crippen LogP contribution in [0.4, 0.5) is 0 Å². The Labute approximate surface area is 192 Å². The van der Waals surface area contributed by atoms with E-state index in [-0.39, 0.29) is 0 Å². The number of aliphatic hydroxyl groups excluding tert-OH is 2. The molecule has 32 heavy (non-hydrogen) atoms. The first kappa shape index (κ1) is 24.5. The Morgan fingerprint density at radius 3 is 1.31 bits per heavy atom. The van der Waals surface area contributed by atoms with E-state index in [0.29, 0.717) is 26.3 Å². The maximum Gasteiger partial charge on any atom is 0.119 e. The fraction of sp³-hybridized carbons (Fsp3) is 0.538. The lowest BCUT2D eigenvalue weighted by atomic mass is 10.2. The fourth-order valence-electron chi connectivity index (χ4n) is 3.88. The number of ether oxygens (including phenoxy) is 2. The Morgan fingerprint density at radius 1 is 0.656 bits per heavy atom. The highest BCUT2D eigenvalue weighted by Gasteiger charge is 2.21. The average Bonchev–Trinajstić information content (AvgIpc) is 2.83. The molecule has 1 heterocycles. The first-order valence-electron chi connectivity index (χ1n) is 11.8. The van der Waals surface area contributed by atoms with Crippen molar-refractivity contribution in [2.75, 3.05) is 52.5 Å². The van der Waals surface area contributed by atoms with Crippen molar-refractivity contribution >= 4 is 0 Å². The van der Waals surface area contributed by atoms with Crippen LogP contribution in [0.25, 0.3) is 0 Å². The number of hydrogen-bond donors (Lipinski definition) is 2. The van der Waals surface area contributed by atoms with E-state index in [0.717, 1.165) is 50.5 Å². The van der Waals surface area contributed by atoms with Crippen LogP contribution in [0.1, 0.15) is 25.0 Å². The molecule has 1 fully saturated rings. The summed E-state index contributed by atoms with van der Waals surface area (Å²) in [5, 5.41) is 20.7. The maximum absolute atomic E-state index is 10.3. The molecule has 1 saturated heterocycles. The smallest absolute Gasteiger partial charge is 0.119 e. The molecule has 0 amide bonds.